The van der Waals surface area contributed by atoms with Gasteiger partial charge in [-0.1, -0.05) is 12.1 Å². The number of benzene rings is 1. The Hall–Kier alpha value is -2.36. The minimum Gasteiger partial charge on any atom is -0.341 e. The molecule has 1 aliphatic heterocycles. The number of carbonyl (C=O) groups excluding carboxylic acids is 1. The topological polar surface area (TPSA) is 36.4 Å². The molecule has 1 fully saturated rings. The molecule has 0 spiro atoms. The third-order valence-corrected chi connectivity index (χ3v) is 4.30. The molecule has 0 N–H and O–H groups in total. The Bertz CT molecular complexity index is 675. The van der Waals surface area contributed by atoms with Crippen molar-refractivity contribution in [2.45, 2.75) is 26.7 Å². The number of aryl methyl sites for hydroxylation is 1. The molecule has 0 unspecified atom stereocenters. The van der Waals surface area contributed by atoms with E-state index in [0.29, 0.717) is 5.69 Å². The predicted molar refractivity (Wildman–Crippen MR) is 93.2 cm³/mol. The van der Waals surface area contributed by atoms with Crippen LogP contribution in [0.25, 0.3) is 0 Å². The van der Waals surface area contributed by atoms with Crippen molar-refractivity contribution < 1.29 is 4.79 Å². The maximum atomic E-state index is 12.4. The zero-order chi connectivity index (χ0) is 16.2. The van der Waals surface area contributed by atoms with Crippen molar-refractivity contribution in [1.82, 2.24) is 9.88 Å². The van der Waals surface area contributed by atoms with E-state index >= 15 is 0 Å². The molecule has 4 heteroatoms. The molecule has 1 aliphatic rings. The number of likely N-dealkylation sites (tertiary alicyclic amines) is 1. The van der Waals surface area contributed by atoms with Crippen molar-refractivity contribution in [2.24, 2.45) is 0 Å². The standard InChI is InChI=1S/C19H23N3O/c1-3-22(16-8-6-7-15(2)13-16)17-9-10-18(20-14-17)19(23)21-11-4-5-12-21/h6-10,13-14H,3-5,11-12H2,1-2H3. The number of carbonyl (C=O) groups is 1. The van der Waals surface area contributed by atoms with Gasteiger partial charge in [-0.05, 0) is 56.5 Å². The minimum absolute atomic E-state index is 0.0488. The molecule has 1 aromatic heterocycles. The molecule has 2 aromatic rings. The van der Waals surface area contributed by atoms with Gasteiger partial charge in [0, 0.05) is 25.3 Å². The highest BCUT2D eigenvalue weighted by Crippen LogP contribution is 2.25. The SMILES string of the molecule is CCN(c1ccc(C(=O)N2CCCC2)nc1)c1cccc(C)c1. The third kappa shape index (κ3) is 3.36. The first kappa shape index (κ1) is 15.5. The van der Waals surface area contributed by atoms with E-state index in [9.17, 15) is 4.79 Å². The van der Waals surface area contributed by atoms with Gasteiger partial charge in [-0.15, -0.1) is 0 Å². The lowest BCUT2D eigenvalue weighted by Crippen LogP contribution is -2.28. The van der Waals surface area contributed by atoms with Crippen molar-refractivity contribution in [3.63, 3.8) is 0 Å². The van der Waals surface area contributed by atoms with Crippen LogP contribution in [0.5, 0.6) is 0 Å². The van der Waals surface area contributed by atoms with Crippen LogP contribution in [0.15, 0.2) is 42.6 Å². The highest BCUT2D eigenvalue weighted by atomic mass is 16.2. The smallest absolute Gasteiger partial charge is 0.272 e. The van der Waals surface area contributed by atoms with Crippen LogP contribution in [0, 0.1) is 6.92 Å². The molecule has 0 atom stereocenters. The Balaban J connectivity index is 1.81. The molecule has 1 saturated heterocycles. The fraction of sp³-hybridized carbons (Fsp3) is 0.368. The first-order valence-corrected chi connectivity index (χ1v) is 8.28. The van der Waals surface area contributed by atoms with Crippen molar-refractivity contribution >= 4 is 17.3 Å². The normalized spacial score (nSPS) is 14.1. The van der Waals surface area contributed by atoms with Crippen LogP contribution in [-0.4, -0.2) is 35.4 Å². The quantitative estimate of drug-likeness (QED) is 0.862. The Labute approximate surface area is 137 Å². The monoisotopic (exact) mass is 309 g/mol. The number of rotatable bonds is 4. The van der Waals surface area contributed by atoms with E-state index in [1.54, 1.807) is 6.20 Å². The first-order valence-electron chi connectivity index (χ1n) is 8.28. The summed E-state index contributed by atoms with van der Waals surface area (Å²) in [6.45, 7) is 6.77. The van der Waals surface area contributed by atoms with Crippen LogP contribution in [0.3, 0.4) is 0 Å². The Morgan fingerprint density at radius 3 is 2.57 bits per heavy atom. The molecular formula is C19H23N3O. The number of nitrogens with zero attached hydrogens (tertiary/aromatic N) is 3. The predicted octanol–water partition coefficient (Wildman–Crippen LogP) is 3.78. The number of anilines is 2. The summed E-state index contributed by atoms with van der Waals surface area (Å²) >= 11 is 0. The maximum absolute atomic E-state index is 12.4. The summed E-state index contributed by atoms with van der Waals surface area (Å²) in [5.41, 5.74) is 3.93. The maximum Gasteiger partial charge on any atom is 0.272 e. The largest absolute Gasteiger partial charge is 0.341 e. The summed E-state index contributed by atoms with van der Waals surface area (Å²) in [7, 11) is 0. The zero-order valence-corrected chi connectivity index (χ0v) is 13.8. The van der Waals surface area contributed by atoms with Crippen molar-refractivity contribution in [2.75, 3.05) is 24.5 Å². The van der Waals surface area contributed by atoms with E-state index in [0.717, 1.165) is 43.9 Å². The summed E-state index contributed by atoms with van der Waals surface area (Å²) in [5, 5.41) is 0. The Morgan fingerprint density at radius 2 is 1.96 bits per heavy atom. The molecule has 3 rings (SSSR count). The van der Waals surface area contributed by atoms with Crippen LogP contribution >= 0.6 is 0 Å². The lowest BCUT2D eigenvalue weighted by Gasteiger charge is -2.23. The molecule has 0 radical (unpaired) electrons. The molecule has 0 bridgehead atoms. The molecule has 23 heavy (non-hydrogen) atoms. The summed E-state index contributed by atoms with van der Waals surface area (Å²) in [6, 6.07) is 12.2. The highest BCUT2D eigenvalue weighted by molar-refractivity contribution is 5.92. The van der Waals surface area contributed by atoms with Gasteiger partial charge < -0.3 is 9.80 Å². The average Bonchev–Trinajstić information content (AvgIpc) is 3.10. The van der Waals surface area contributed by atoms with E-state index in [1.807, 2.05) is 17.0 Å². The highest BCUT2D eigenvalue weighted by Gasteiger charge is 2.20. The van der Waals surface area contributed by atoms with Gasteiger partial charge in [0.25, 0.3) is 5.91 Å². The van der Waals surface area contributed by atoms with Crippen molar-refractivity contribution in [3.05, 3.63) is 53.9 Å². The second-order valence-corrected chi connectivity index (χ2v) is 5.98. The van der Waals surface area contributed by atoms with Crippen LogP contribution in [0.4, 0.5) is 11.4 Å². The Kier molecular flexibility index (Phi) is 4.60. The van der Waals surface area contributed by atoms with E-state index in [2.05, 4.69) is 48.0 Å². The molecular weight excluding hydrogens is 286 g/mol. The van der Waals surface area contributed by atoms with Crippen LogP contribution in [-0.2, 0) is 0 Å². The summed E-state index contributed by atoms with van der Waals surface area (Å²) < 4.78 is 0. The van der Waals surface area contributed by atoms with Crippen molar-refractivity contribution in [1.29, 1.82) is 0 Å². The lowest BCUT2D eigenvalue weighted by molar-refractivity contribution is 0.0787. The molecule has 4 nitrogen and oxygen atoms in total. The molecule has 0 aliphatic carbocycles. The first-order chi connectivity index (χ1) is 11.2. The van der Waals surface area contributed by atoms with Crippen LogP contribution in [0.1, 0.15) is 35.8 Å². The fourth-order valence-electron chi connectivity index (χ4n) is 3.06. The van der Waals surface area contributed by atoms with Gasteiger partial charge in [0.15, 0.2) is 0 Å². The average molecular weight is 309 g/mol. The van der Waals surface area contributed by atoms with Gasteiger partial charge in [-0.2, -0.15) is 0 Å². The molecule has 1 aromatic carbocycles. The van der Waals surface area contributed by atoms with E-state index in [-0.39, 0.29) is 5.91 Å². The molecule has 2 heterocycles. The summed E-state index contributed by atoms with van der Waals surface area (Å²) in [4.78, 5) is 20.9. The number of hydrogen-bond donors (Lipinski definition) is 0. The molecule has 1 amide bonds. The number of pyridine rings is 1. The third-order valence-electron chi connectivity index (χ3n) is 4.30. The molecule has 120 valence electrons. The Morgan fingerprint density at radius 1 is 1.17 bits per heavy atom. The van der Waals surface area contributed by atoms with Gasteiger partial charge in [0.1, 0.15) is 5.69 Å². The van der Waals surface area contributed by atoms with Gasteiger partial charge in [-0.25, -0.2) is 4.98 Å². The number of hydrogen-bond acceptors (Lipinski definition) is 3. The zero-order valence-electron chi connectivity index (χ0n) is 13.8. The van der Waals surface area contributed by atoms with E-state index < -0.39 is 0 Å². The van der Waals surface area contributed by atoms with Crippen LogP contribution in [0.2, 0.25) is 0 Å². The van der Waals surface area contributed by atoms with Gasteiger partial charge in [0.2, 0.25) is 0 Å². The second-order valence-electron chi connectivity index (χ2n) is 5.98. The lowest BCUT2D eigenvalue weighted by atomic mass is 10.2. The van der Waals surface area contributed by atoms with Gasteiger partial charge in [0.05, 0.1) is 11.9 Å². The summed E-state index contributed by atoms with van der Waals surface area (Å²) in [5.74, 6) is 0.0488. The fourth-order valence-corrected chi connectivity index (χ4v) is 3.06. The number of aromatic nitrogens is 1. The molecule has 0 saturated carbocycles. The van der Waals surface area contributed by atoms with Gasteiger partial charge in [-0.3, -0.25) is 4.79 Å². The van der Waals surface area contributed by atoms with E-state index in [1.165, 1.54) is 5.56 Å². The van der Waals surface area contributed by atoms with E-state index in [4.69, 9.17) is 0 Å². The van der Waals surface area contributed by atoms with Crippen LogP contribution < -0.4 is 4.90 Å². The second kappa shape index (κ2) is 6.82. The van der Waals surface area contributed by atoms with Crippen molar-refractivity contribution in [3.8, 4) is 0 Å². The van der Waals surface area contributed by atoms with Gasteiger partial charge >= 0.3 is 0 Å². The summed E-state index contributed by atoms with van der Waals surface area (Å²) in [6.07, 6.45) is 4.00. The number of amides is 1. The minimum atomic E-state index is 0.0488.